The van der Waals surface area contributed by atoms with Crippen molar-refractivity contribution in [2.75, 3.05) is 6.54 Å². The van der Waals surface area contributed by atoms with E-state index in [2.05, 4.69) is 9.72 Å². The number of fused-ring (bicyclic) bond motifs is 1. The number of halogens is 3. The Kier molecular flexibility index (Phi) is 7.10. The standard InChI is InChI=1S/C32H28F3N3O4/c33-32(34,35)42-24-12-5-8-21(18-24)20-7-4-9-22(17-20)27(39)29(41)38-16-6-13-26-25(19-38)28(40)37-30(36-26)31(14-15-31)23-10-2-1-3-11-23/h1-5,7-12,17-18,27,39H,6,13-16,19H2,(H,36,37,40). The van der Waals surface area contributed by atoms with Gasteiger partial charge in [-0.3, -0.25) is 9.59 Å². The van der Waals surface area contributed by atoms with Gasteiger partial charge >= 0.3 is 6.36 Å². The van der Waals surface area contributed by atoms with E-state index in [1.807, 2.05) is 30.3 Å². The van der Waals surface area contributed by atoms with Crippen LogP contribution in [0.5, 0.6) is 5.75 Å². The lowest BCUT2D eigenvalue weighted by Gasteiger charge is -2.24. The van der Waals surface area contributed by atoms with Gasteiger partial charge in [0.25, 0.3) is 11.5 Å². The second kappa shape index (κ2) is 10.8. The Bertz CT molecular complexity index is 1680. The molecule has 6 rings (SSSR count). The molecule has 1 aromatic heterocycles. The zero-order valence-corrected chi connectivity index (χ0v) is 22.5. The molecule has 216 valence electrons. The van der Waals surface area contributed by atoms with E-state index in [-0.39, 0.29) is 28.8 Å². The van der Waals surface area contributed by atoms with Gasteiger partial charge in [-0.2, -0.15) is 0 Å². The van der Waals surface area contributed by atoms with Gasteiger partial charge in [-0.15, -0.1) is 13.2 Å². The molecule has 1 saturated carbocycles. The number of rotatable bonds is 6. The minimum atomic E-state index is -4.82. The molecule has 4 aromatic rings. The molecule has 1 amide bonds. The second-order valence-corrected chi connectivity index (χ2v) is 10.8. The third kappa shape index (κ3) is 5.54. The van der Waals surface area contributed by atoms with Crippen LogP contribution in [0.2, 0.25) is 0 Å². The van der Waals surface area contributed by atoms with Crippen LogP contribution in [-0.4, -0.2) is 38.8 Å². The summed E-state index contributed by atoms with van der Waals surface area (Å²) in [5.74, 6) is -0.289. The molecule has 0 saturated heterocycles. The predicted molar refractivity (Wildman–Crippen MR) is 149 cm³/mol. The number of aryl methyl sites for hydroxylation is 1. The molecule has 2 N–H and O–H groups in total. The third-order valence-electron chi connectivity index (χ3n) is 7.97. The fourth-order valence-electron chi connectivity index (χ4n) is 5.66. The number of nitrogens with one attached hydrogen (secondary N) is 1. The van der Waals surface area contributed by atoms with Crippen LogP contribution in [0.1, 0.15) is 53.6 Å². The molecule has 1 atom stereocenters. The maximum atomic E-state index is 13.5. The molecular weight excluding hydrogens is 547 g/mol. The number of aliphatic hydroxyl groups excluding tert-OH is 1. The molecule has 10 heteroatoms. The van der Waals surface area contributed by atoms with Crippen molar-refractivity contribution in [1.82, 2.24) is 14.9 Å². The van der Waals surface area contributed by atoms with Gasteiger partial charge in [0, 0.05) is 6.54 Å². The van der Waals surface area contributed by atoms with E-state index in [0.29, 0.717) is 47.6 Å². The molecule has 0 spiro atoms. The number of carbonyl (C=O) groups is 1. The summed E-state index contributed by atoms with van der Waals surface area (Å²) in [4.78, 5) is 36.1. The zero-order valence-electron chi connectivity index (χ0n) is 22.5. The van der Waals surface area contributed by atoms with Crippen LogP contribution >= 0.6 is 0 Å². The normalized spacial score (nSPS) is 16.7. The third-order valence-corrected chi connectivity index (χ3v) is 7.97. The molecule has 3 aromatic carbocycles. The highest BCUT2D eigenvalue weighted by Crippen LogP contribution is 2.52. The van der Waals surface area contributed by atoms with Gasteiger partial charge in [0.05, 0.1) is 23.2 Å². The number of hydrogen-bond donors (Lipinski definition) is 2. The number of H-pyrrole nitrogens is 1. The average Bonchev–Trinajstić information content (AvgIpc) is 3.81. The van der Waals surface area contributed by atoms with Crippen molar-refractivity contribution in [3.63, 3.8) is 0 Å². The summed E-state index contributed by atoms with van der Waals surface area (Å²) in [5.41, 5.74) is 2.84. The minimum absolute atomic E-state index is 0.0166. The van der Waals surface area contributed by atoms with Crippen LogP contribution in [-0.2, 0) is 23.2 Å². The van der Waals surface area contributed by atoms with Crippen molar-refractivity contribution in [2.45, 2.75) is 50.1 Å². The Morgan fingerprint density at radius 1 is 1.00 bits per heavy atom. The van der Waals surface area contributed by atoms with E-state index in [9.17, 15) is 27.9 Å². The first-order valence-electron chi connectivity index (χ1n) is 13.7. The number of alkyl halides is 3. The largest absolute Gasteiger partial charge is 0.573 e. The highest BCUT2D eigenvalue weighted by Gasteiger charge is 2.48. The molecular formula is C32H28F3N3O4. The molecule has 1 unspecified atom stereocenters. The highest BCUT2D eigenvalue weighted by atomic mass is 19.4. The van der Waals surface area contributed by atoms with Gasteiger partial charge in [-0.1, -0.05) is 60.7 Å². The average molecular weight is 576 g/mol. The molecule has 0 bridgehead atoms. The van der Waals surface area contributed by atoms with E-state index in [0.717, 1.165) is 18.4 Å². The Hall–Kier alpha value is -4.44. The van der Waals surface area contributed by atoms with Crippen LogP contribution in [0.15, 0.2) is 83.7 Å². The molecule has 2 heterocycles. The van der Waals surface area contributed by atoms with E-state index in [1.54, 1.807) is 30.3 Å². The van der Waals surface area contributed by atoms with Gasteiger partial charge in [0.15, 0.2) is 6.10 Å². The zero-order chi connectivity index (χ0) is 29.5. The number of hydrogen-bond acceptors (Lipinski definition) is 5. The van der Waals surface area contributed by atoms with Crippen molar-refractivity contribution >= 4 is 5.91 Å². The van der Waals surface area contributed by atoms with E-state index >= 15 is 0 Å². The van der Waals surface area contributed by atoms with E-state index < -0.39 is 18.4 Å². The van der Waals surface area contributed by atoms with Gasteiger partial charge in [0.2, 0.25) is 0 Å². The quantitative estimate of drug-likeness (QED) is 0.320. The van der Waals surface area contributed by atoms with Gasteiger partial charge in [-0.25, -0.2) is 4.98 Å². The summed E-state index contributed by atoms with van der Waals surface area (Å²) in [6, 6.07) is 21.9. The number of aromatic amines is 1. The first-order chi connectivity index (χ1) is 20.1. The summed E-state index contributed by atoms with van der Waals surface area (Å²) < 4.78 is 42.1. The Balaban J connectivity index is 1.22. The molecule has 2 aliphatic rings. The Labute approximate surface area is 239 Å². The molecule has 0 radical (unpaired) electrons. The van der Waals surface area contributed by atoms with Crippen LogP contribution in [0, 0.1) is 0 Å². The summed E-state index contributed by atoms with van der Waals surface area (Å²) in [6.07, 6.45) is -3.45. The molecule has 1 fully saturated rings. The summed E-state index contributed by atoms with van der Waals surface area (Å²) in [7, 11) is 0. The van der Waals surface area contributed by atoms with Crippen molar-refractivity contribution in [1.29, 1.82) is 0 Å². The van der Waals surface area contributed by atoms with Gasteiger partial charge in [0.1, 0.15) is 11.6 Å². The number of benzene rings is 3. The molecule has 7 nitrogen and oxygen atoms in total. The molecule has 42 heavy (non-hydrogen) atoms. The van der Waals surface area contributed by atoms with E-state index in [4.69, 9.17) is 4.98 Å². The lowest BCUT2D eigenvalue weighted by Crippen LogP contribution is -2.36. The second-order valence-electron chi connectivity index (χ2n) is 10.8. The van der Waals surface area contributed by atoms with Crippen molar-refractivity contribution in [3.8, 4) is 16.9 Å². The molecule has 1 aliphatic heterocycles. The summed E-state index contributed by atoms with van der Waals surface area (Å²) in [6.45, 7) is 0.351. The molecule has 1 aliphatic carbocycles. The number of amides is 1. The number of nitrogens with zero attached hydrogens (tertiary/aromatic N) is 2. The van der Waals surface area contributed by atoms with Gasteiger partial charge in [-0.05, 0) is 66.1 Å². The first-order valence-corrected chi connectivity index (χ1v) is 13.7. The summed E-state index contributed by atoms with van der Waals surface area (Å²) in [5, 5.41) is 11.0. The van der Waals surface area contributed by atoms with Crippen molar-refractivity contribution in [2.24, 2.45) is 0 Å². The number of aromatic nitrogens is 2. The smallest absolute Gasteiger partial charge is 0.406 e. The lowest BCUT2D eigenvalue weighted by atomic mass is 9.94. The van der Waals surface area contributed by atoms with Crippen molar-refractivity contribution < 1.29 is 27.8 Å². The number of ether oxygens (including phenoxy) is 1. The Morgan fingerprint density at radius 2 is 1.71 bits per heavy atom. The van der Waals surface area contributed by atoms with Crippen LogP contribution in [0.25, 0.3) is 11.1 Å². The van der Waals surface area contributed by atoms with Crippen LogP contribution < -0.4 is 10.3 Å². The van der Waals surface area contributed by atoms with Crippen LogP contribution in [0.4, 0.5) is 13.2 Å². The topological polar surface area (TPSA) is 95.5 Å². The van der Waals surface area contributed by atoms with Gasteiger partial charge < -0.3 is 19.7 Å². The predicted octanol–water partition coefficient (Wildman–Crippen LogP) is 5.42. The highest BCUT2D eigenvalue weighted by molar-refractivity contribution is 5.83. The first kappa shape index (κ1) is 27.7. The fraction of sp³-hybridized carbons (Fsp3) is 0.281. The fourth-order valence-corrected chi connectivity index (χ4v) is 5.66. The maximum Gasteiger partial charge on any atom is 0.573 e. The Morgan fingerprint density at radius 3 is 2.43 bits per heavy atom. The monoisotopic (exact) mass is 575 g/mol. The number of aliphatic hydroxyl groups is 1. The summed E-state index contributed by atoms with van der Waals surface area (Å²) >= 11 is 0. The van der Waals surface area contributed by atoms with E-state index in [1.165, 1.54) is 23.1 Å². The maximum absolute atomic E-state index is 13.5. The minimum Gasteiger partial charge on any atom is -0.406 e. The SMILES string of the molecule is O=C(C(O)c1cccc(-c2cccc(OC(F)(F)F)c2)c1)N1CCCc2nc(C3(c4ccccc4)CC3)[nH]c(=O)c2C1. The lowest BCUT2D eigenvalue weighted by molar-refractivity contribution is -0.274. The number of carbonyl (C=O) groups excluding carboxylic acids is 1. The van der Waals surface area contributed by atoms with Crippen LogP contribution in [0.3, 0.4) is 0 Å². The van der Waals surface area contributed by atoms with Crippen molar-refractivity contribution in [3.05, 3.63) is 117 Å².